The van der Waals surface area contributed by atoms with Crippen LogP contribution in [0.3, 0.4) is 0 Å². The fourth-order valence-electron chi connectivity index (χ4n) is 2.24. The van der Waals surface area contributed by atoms with Crippen LogP contribution in [-0.2, 0) is 14.3 Å². The number of rotatable bonds is 6. The van der Waals surface area contributed by atoms with Crippen molar-refractivity contribution in [1.82, 2.24) is 4.98 Å². The molecule has 1 aromatic heterocycles. The van der Waals surface area contributed by atoms with E-state index in [1.165, 1.54) is 31.2 Å². The van der Waals surface area contributed by atoms with E-state index in [2.05, 4.69) is 10.3 Å². The standard InChI is InChI=1S/C19H18FN3O4S/c1-10-4-5-13(7-15(10)20)22-18(26)12(3)27-17(25)9-28-19-14(8-21)11(2)6-16(24)23-19/h4-7,12H,9H2,1-3H3,(H,22,26)(H,23,24)/t12-/m0/s1. The average molecular weight is 403 g/mol. The van der Waals surface area contributed by atoms with Gasteiger partial charge in [0.05, 0.1) is 16.3 Å². The minimum atomic E-state index is -1.11. The average Bonchev–Trinajstić information content (AvgIpc) is 2.62. The quantitative estimate of drug-likeness (QED) is 0.566. The molecule has 0 spiro atoms. The number of aryl methyl sites for hydroxylation is 2. The second kappa shape index (κ2) is 9.19. The van der Waals surface area contributed by atoms with Crippen LogP contribution in [0.4, 0.5) is 10.1 Å². The molecule has 7 nitrogen and oxygen atoms in total. The molecule has 0 saturated heterocycles. The van der Waals surface area contributed by atoms with Crippen LogP contribution < -0.4 is 10.9 Å². The first-order valence-electron chi connectivity index (χ1n) is 8.24. The number of esters is 1. The Morgan fingerprint density at radius 1 is 1.32 bits per heavy atom. The first-order valence-corrected chi connectivity index (χ1v) is 9.23. The SMILES string of the molecule is Cc1ccc(NC(=O)[C@H](C)OC(=O)CSc2[nH]c(=O)cc(C)c2C#N)cc1F. The minimum absolute atomic E-state index is 0.204. The number of thioether (sulfide) groups is 1. The van der Waals surface area contributed by atoms with Crippen molar-refractivity contribution in [2.75, 3.05) is 11.1 Å². The Morgan fingerprint density at radius 3 is 2.68 bits per heavy atom. The van der Waals surface area contributed by atoms with Crippen LogP contribution in [0.1, 0.15) is 23.6 Å². The smallest absolute Gasteiger partial charge is 0.317 e. The number of pyridine rings is 1. The summed E-state index contributed by atoms with van der Waals surface area (Å²) in [5, 5.41) is 11.9. The number of H-pyrrole nitrogens is 1. The molecule has 0 aliphatic carbocycles. The molecule has 28 heavy (non-hydrogen) atoms. The van der Waals surface area contributed by atoms with Gasteiger partial charge in [0, 0.05) is 11.8 Å². The predicted molar refractivity (Wildman–Crippen MR) is 103 cm³/mol. The van der Waals surface area contributed by atoms with Crippen molar-refractivity contribution in [3.8, 4) is 6.07 Å². The summed E-state index contributed by atoms with van der Waals surface area (Å²) in [6.07, 6.45) is -1.11. The Kier molecular flexibility index (Phi) is 6.95. The lowest BCUT2D eigenvalue weighted by Crippen LogP contribution is -2.30. The summed E-state index contributed by atoms with van der Waals surface area (Å²) >= 11 is 0.935. The van der Waals surface area contributed by atoms with E-state index in [1.807, 2.05) is 6.07 Å². The summed E-state index contributed by atoms with van der Waals surface area (Å²) in [7, 11) is 0. The Hall–Kier alpha value is -3.12. The maximum absolute atomic E-state index is 13.5. The Bertz CT molecular complexity index is 1010. The molecule has 0 unspecified atom stereocenters. The van der Waals surface area contributed by atoms with Gasteiger partial charge in [-0.1, -0.05) is 17.8 Å². The van der Waals surface area contributed by atoms with Crippen molar-refractivity contribution in [2.45, 2.75) is 31.9 Å². The third kappa shape index (κ3) is 5.44. The van der Waals surface area contributed by atoms with Gasteiger partial charge in [-0.05, 0) is 44.0 Å². The lowest BCUT2D eigenvalue weighted by Gasteiger charge is -2.14. The second-order valence-electron chi connectivity index (χ2n) is 6.01. The largest absolute Gasteiger partial charge is 0.452 e. The van der Waals surface area contributed by atoms with E-state index in [-0.39, 0.29) is 27.6 Å². The number of hydrogen-bond acceptors (Lipinski definition) is 6. The first-order chi connectivity index (χ1) is 13.2. The topological polar surface area (TPSA) is 112 Å². The van der Waals surface area contributed by atoms with Gasteiger partial charge in [-0.2, -0.15) is 5.26 Å². The van der Waals surface area contributed by atoms with E-state index in [4.69, 9.17) is 10.00 Å². The van der Waals surface area contributed by atoms with Gasteiger partial charge < -0.3 is 15.0 Å². The van der Waals surface area contributed by atoms with Crippen molar-refractivity contribution < 1.29 is 18.7 Å². The highest BCUT2D eigenvalue weighted by Gasteiger charge is 2.19. The van der Waals surface area contributed by atoms with Crippen LogP contribution >= 0.6 is 11.8 Å². The van der Waals surface area contributed by atoms with Gasteiger partial charge >= 0.3 is 5.97 Å². The number of anilines is 1. The van der Waals surface area contributed by atoms with Gasteiger partial charge in [-0.25, -0.2) is 4.39 Å². The molecule has 0 bridgehead atoms. The van der Waals surface area contributed by atoms with Gasteiger partial charge in [0.2, 0.25) is 5.56 Å². The molecule has 0 aliphatic rings. The number of carbonyl (C=O) groups is 2. The predicted octanol–water partition coefficient (Wildman–Crippen LogP) is 2.67. The summed E-state index contributed by atoms with van der Waals surface area (Å²) in [5.74, 6) is -1.97. The molecule has 2 N–H and O–H groups in total. The van der Waals surface area contributed by atoms with Crippen molar-refractivity contribution in [1.29, 1.82) is 5.26 Å². The Morgan fingerprint density at radius 2 is 2.04 bits per heavy atom. The molecular weight excluding hydrogens is 385 g/mol. The summed E-state index contributed by atoms with van der Waals surface area (Å²) < 4.78 is 18.6. The molecule has 2 aromatic rings. The van der Waals surface area contributed by atoms with E-state index in [0.29, 0.717) is 11.1 Å². The number of hydrogen-bond donors (Lipinski definition) is 2. The number of nitrogens with one attached hydrogen (secondary N) is 2. The molecule has 0 fully saturated rings. The summed E-state index contributed by atoms with van der Waals surface area (Å²) in [6, 6.07) is 7.50. The van der Waals surface area contributed by atoms with Crippen molar-refractivity contribution in [2.24, 2.45) is 0 Å². The summed E-state index contributed by atoms with van der Waals surface area (Å²) in [5.41, 5.74) is 1.08. The fraction of sp³-hybridized carbons (Fsp3) is 0.263. The maximum atomic E-state index is 13.5. The number of aromatic amines is 1. The van der Waals surface area contributed by atoms with Crippen LogP contribution in [0, 0.1) is 31.0 Å². The molecule has 9 heteroatoms. The molecule has 0 saturated carbocycles. The van der Waals surface area contributed by atoms with E-state index in [1.54, 1.807) is 13.8 Å². The molecule has 1 atom stereocenters. The normalized spacial score (nSPS) is 11.4. The lowest BCUT2D eigenvalue weighted by atomic mass is 10.2. The van der Waals surface area contributed by atoms with E-state index in [0.717, 1.165) is 11.8 Å². The number of nitrogens with zero attached hydrogens (tertiary/aromatic N) is 1. The van der Waals surface area contributed by atoms with Crippen molar-refractivity contribution in [3.05, 3.63) is 57.1 Å². The third-order valence-electron chi connectivity index (χ3n) is 3.77. The van der Waals surface area contributed by atoms with Crippen LogP contribution in [0.5, 0.6) is 0 Å². The van der Waals surface area contributed by atoms with Crippen LogP contribution in [0.25, 0.3) is 0 Å². The van der Waals surface area contributed by atoms with Crippen LogP contribution in [-0.4, -0.2) is 28.7 Å². The number of carbonyl (C=O) groups excluding carboxylic acids is 2. The number of aromatic nitrogens is 1. The number of nitriles is 1. The summed E-state index contributed by atoms with van der Waals surface area (Å²) in [4.78, 5) is 38.1. The maximum Gasteiger partial charge on any atom is 0.317 e. The first kappa shape index (κ1) is 21.2. The highest BCUT2D eigenvalue weighted by atomic mass is 32.2. The lowest BCUT2D eigenvalue weighted by molar-refractivity contribution is -0.150. The van der Waals surface area contributed by atoms with Gasteiger partial charge in [-0.15, -0.1) is 0 Å². The molecule has 0 radical (unpaired) electrons. The van der Waals surface area contributed by atoms with Crippen LogP contribution in [0.2, 0.25) is 0 Å². The monoisotopic (exact) mass is 403 g/mol. The Balaban J connectivity index is 1.94. The molecule has 1 amide bonds. The molecule has 2 rings (SSSR count). The number of halogens is 1. The van der Waals surface area contributed by atoms with Crippen molar-refractivity contribution >= 4 is 29.3 Å². The zero-order chi connectivity index (χ0) is 20.8. The van der Waals surface area contributed by atoms with Gasteiger partial charge in [0.25, 0.3) is 5.91 Å². The van der Waals surface area contributed by atoms with E-state index in [9.17, 15) is 18.8 Å². The van der Waals surface area contributed by atoms with Crippen molar-refractivity contribution in [3.63, 3.8) is 0 Å². The van der Waals surface area contributed by atoms with Gasteiger partial charge in [-0.3, -0.25) is 14.4 Å². The number of benzene rings is 1. The minimum Gasteiger partial charge on any atom is -0.452 e. The Labute approximate surface area is 164 Å². The molecule has 0 aliphatic heterocycles. The zero-order valence-electron chi connectivity index (χ0n) is 15.5. The van der Waals surface area contributed by atoms with E-state index < -0.39 is 23.8 Å². The molecular formula is C19H18FN3O4S. The zero-order valence-corrected chi connectivity index (χ0v) is 16.3. The third-order valence-corrected chi connectivity index (χ3v) is 4.74. The number of ether oxygens (including phenoxy) is 1. The second-order valence-corrected chi connectivity index (χ2v) is 6.99. The number of amides is 1. The van der Waals surface area contributed by atoms with E-state index >= 15 is 0 Å². The van der Waals surface area contributed by atoms with Gasteiger partial charge in [0.1, 0.15) is 11.9 Å². The summed E-state index contributed by atoms with van der Waals surface area (Å²) in [6.45, 7) is 4.61. The molecule has 146 valence electrons. The van der Waals surface area contributed by atoms with Crippen LogP contribution in [0.15, 0.2) is 34.1 Å². The highest BCUT2D eigenvalue weighted by molar-refractivity contribution is 7.99. The fourth-order valence-corrected chi connectivity index (χ4v) is 3.09. The molecule has 1 heterocycles. The van der Waals surface area contributed by atoms with Gasteiger partial charge in [0.15, 0.2) is 6.10 Å². The highest BCUT2D eigenvalue weighted by Crippen LogP contribution is 2.21. The molecule has 1 aromatic carbocycles.